The molecule has 1 aromatic carbocycles. The first kappa shape index (κ1) is 12.1. The largest absolute Gasteiger partial charge is 0.377 e. The summed E-state index contributed by atoms with van der Waals surface area (Å²) in [4.78, 5) is 0.256. The number of hydrogen-bond donors (Lipinski definition) is 0. The van der Waals surface area contributed by atoms with Gasteiger partial charge in [-0.15, -0.1) is 0 Å². The van der Waals surface area contributed by atoms with E-state index in [0.717, 1.165) is 12.8 Å². The number of rotatable bonds is 3. The summed E-state index contributed by atoms with van der Waals surface area (Å²) in [6.45, 7) is 0.646. The second-order valence-electron chi connectivity index (χ2n) is 4.05. The van der Waals surface area contributed by atoms with Crippen LogP contribution in [-0.4, -0.2) is 26.9 Å². The zero-order chi connectivity index (χ0) is 12.3. The fourth-order valence-corrected chi connectivity index (χ4v) is 3.35. The van der Waals surface area contributed by atoms with Gasteiger partial charge in [-0.2, -0.15) is 5.26 Å². The fourth-order valence-electron chi connectivity index (χ4n) is 1.85. The van der Waals surface area contributed by atoms with Crippen LogP contribution in [0.5, 0.6) is 0 Å². The number of benzene rings is 1. The SMILES string of the molecule is N#Cc1ccc(S(=O)(=O)C[C@H]2CCCO2)cc1. The smallest absolute Gasteiger partial charge is 0.180 e. The molecule has 1 aliphatic heterocycles. The van der Waals surface area contributed by atoms with E-state index in [4.69, 9.17) is 10.00 Å². The first-order valence-electron chi connectivity index (χ1n) is 5.46. The minimum absolute atomic E-state index is 0.0267. The molecule has 0 aliphatic carbocycles. The molecule has 1 aliphatic rings. The van der Waals surface area contributed by atoms with E-state index in [0.29, 0.717) is 12.2 Å². The normalized spacial score (nSPS) is 20.1. The molecule has 17 heavy (non-hydrogen) atoms. The monoisotopic (exact) mass is 251 g/mol. The molecule has 0 spiro atoms. The molecule has 1 atom stereocenters. The predicted octanol–water partition coefficient (Wildman–Crippen LogP) is 1.51. The highest BCUT2D eigenvalue weighted by molar-refractivity contribution is 7.91. The lowest BCUT2D eigenvalue weighted by atomic mass is 10.2. The summed E-state index contributed by atoms with van der Waals surface area (Å²) in [7, 11) is -3.30. The molecule has 0 saturated carbocycles. The Morgan fingerprint density at radius 2 is 2.06 bits per heavy atom. The van der Waals surface area contributed by atoms with Gasteiger partial charge in [-0.05, 0) is 37.1 Å². The minimum atomic E-state index is -3.30. The van der Waals surface area contributed by atoms with Gasteiger partial charge in [0, 0.05) is 6.61 Å². The van der Waals surface area contributed by atoms with Crippen LogP contribution in [0.25, 0.3) is 0 Å². The molecule has 0 bridgehead atoms. The molecule has 0 amide bonds. The Bertz CT molecular complexity index is 522. The topological polar surface area (TPSA) is 67.2 Å². The van der Waals surface area contributed by atoms with Crippen molar-refractivity contribution in [1.29, 1.82) is 5.26 Å². The minimum Gasteiger partial charge on any atom is -0.377 e. The first-order chi connectivity index (χ1) is 8.12. The van der Waals surface area contributed by atoms with Crippen LogP contribution in [0.4, 0.5) is 0 Å². The number of hydrogen-bond acceptors (Lipinski definition) is 4. The average Bonchev–Trinajstić information content (AvgIpc) is 2.81. The molecule has 5 heteroatoms. The summed E-state index contributed by atoms with van der Waals surface area (Å²) in [6, 6.07) is 7.94. The third kappa shape index (κ3) is 2.84. The lowest BCUT2D eigenvalue weighted by molar-refractivity contribution is 0.127. The number of sulfone groups is 1. The summed E-state index contributed by atoms with van der Waals surface area (Å²) in [5, 5.41) is 8.64. The van der Waals surface area contributed by atoms with Crippen molar-refractivity contribution >= 4 is 9.84 Å². The predicted molar refractivity (Wildman–Crippen MR) is 62.2 cm³/mol. The van der Waals surface area contributed by atoms with Gasteiger partial charge >= 0.3 is 0 Å². The zero-order valence-corrected chi connectivity index (χ0v) is 10.1. The molecule has 1 saturated heterocycles. The molecule has 1 heterocycles. The molecular formula is C12H13NO3S. The molecule has 2 rings (SSSR count). The quantitative estimate of drug-likeness (QED) is 0.816. The van der Waals surface area contributed by atoms with Crippen LogP contribution < -0.4 is 0 Å². The molecule has 1 aromatic rings. The van der Waals surface area contributed by atoms with Crippen molar-refractivity contribution in [3.63, 3.8) is 0 Å². The third-order valence-electron chi connectivity index (χ3n) is 2.77. The average molecular weight is 251 g/mol. The molecular weight excluding hydrogens is 238 g/mol. The van der Waals surface area contributed by atoms with Crippen LogP contribution in [0.3, 0.4) is 0 Å². The Morgan fingerprint density at radius 1 is 1.35 bits per heavy atom. The van der Waals surface area contributed by atoms with E-state index >= 15 is 0 Å². The van der Waals surface area contributed by atoms with Crippen LogP contribution in [-0.2, 0) is 14.6 Å². The summed E-state index contributed by atoms with van der Waals surface area (Å²) in [5.41, 5.74) is 0.459. The van der Waals surface area contributed by atoms with E-state index in [2.05, 4.69) is 0 Å². The van der Waals surface area contributed by atoms with Crippen LogP contribution in [0, 0.1) is 11.3 Å². The molecule has 0 unspecified atom stereocenters. The molecule has 0 radical (unpaired) electrons. The van der Waals surface area contributed by atoms with Gasteiger partial charge in [-0.25, -0.2) is 8.42 Å². The first-order valence-corrected chi connectivity index (χ1v) is 7.11. The van der Waals surface area contributed by atoms with Gasteiger partial charge in [0.1, 0.15) is 0 Å². The van der Waals surface area contributed by atoms with Crippen LogP contribution in [0.1, 0.15) is 18.4 Å². The summed E-state index contributed by atoms with van der Waals surface area (Å²) in [6.07, 6.45) is 1.54. The highest BCUT2D eigenvalue weighted by Crippen LogP contribution is 2.19. The molecule has 90 valence electrons. The van der Waals surface area contributed by atoms with Gasteiger partial charge in [-0.1, -0.05) is 0 Å². The van der Waals surface area contributed by atoms with Crippen molar-refractivity contribution in [2.45, 2.75) is 23.8 Å². The Balaban J connectivity index is 2.16. The van der Waals surface area contributed by atoms with Crippen molar-refractivity contribution in [2.75, 3.05) is 12.4 Å². The van der Waals surface area contributed by atoms with Crippen LogP contribution in [0.15, 0.2) is 29.2 Å². The van der Waals surface area contributed by atoms with E-state index < -0.39 is 9.84 Å². The van der Waals surface area contributed by atoms with Crippen molar-refractivity contribution < 1.29 is 13.2 Å². The van der Waals surface area contributed by atoms with Gasteiger partial charge in [0.05, 0.1) is 28.4 Å². The third-order valence-corrected chi connectivity index (χ3v) is 4.57. The fraction of sp³-hybridized carbons (Fsp3) is 0.417. The van der Waals surface area contributed by atoms with E-state index in [-0.39, 0.29) is 16.8 Å². The van der Waals surface area contributed by atoms with Gasteiger partial charge < -0.3 is 4.74 Å². The standard InChI is InChI=1S/C12H13NO3S/c13-8-10-3-5-12(6-4-10)17(14,15)9-11-2-1-7-16-11/h3-6,11H,1-2,7,9H2/t11-/m1/s1. The van der Waals surface area contributed by atoms with E-state index in [1.807, 2.05) is 6.07 Å². The highest BCUT2D eigenvalue weighted by Gasteiger charge is 2.24. The lowest BCUT2D eigenvalue weighted by Crippen LogP contribution is -2.20. The van der Waals surface area contributed by atoms with E-state index in [9.17, 15) is 8.42 Å². The Hall–Kier alpha value is -1.38. The maximum Gasteiger partial charge on any atom is 0.180 e. The molecule has 0 N–H and O–H groups in total. The van der Waals surface area contributed by atoms with Crippen molar-refractivity contribution in [2.24, 2.45) is 0 Å². The molecule has 4 nitrogen and oxygen atoms in total. The Kier molecular flexibility index (Phi) is 3.46. The number of nitriles is 1. The Morgan fingerprint density at radius 3 is 2.59 bits per heavy atom. The summed E-state index contributed by atoms with van der Waals surface area (Å²) >= 11 is 0. The second-order valence-corrected chi connectivity index (χ2v) is 6.09. The van der Waals surface area contributed by atoms with Gasteiger partial charge in [-0.3, -0.25) is 0 Å². The number of nitrogens with zero attached hydrogens (tertiary/aromatic N) is 1. The lowest BCUT2D eigenvalue weighted by Gasteiger charge is -2.10. The van der Waals surface area contributed by atoms with Gasteiger partial charge in [0.25, 0.3) is 0 Å². The van der Waals surface area contributed by atoms with Gasteiger partial charge in [0.2, 0.25) is 0 Å². The zero-order valence-electron chi connectivity index (χ0n) is 9.30. The highest BCUT2D eigenvalue weighted by atomic mass is 32.2. The Labute approximate surface area is 101 Å². The summed E-state index contributed by atoms with van der Waals surface area (Å²) in [5.74, 6) is 0.0267. The van der Waals surface area contributed by atoms with Crippen molar-refractivity contribution in [1.82, 2.24) is 0 Å². The maximum absolute atomic E-state index is 12.0. The van der Waals surface area contributed by atoms with Crippen LogP contribution in [0.2, 0.25) is 0 Å². The van der Waals surface area contributed by atoms with Crippen molar-refractivity contribution in [3.05, 3.63) is 29.8 Å². The van der Waals surface area contributed by atoms with E-state index in [1.165, 1.54) is 24.3 Å². The van der Waals surface area contributed by atoms with Crippen LogP contribution >= 0.6 is 0 Å². The second kappa shape index (κ2) is 4.86. The van der Waals surface area contributed by atoms with Gasteiger partial charge in [0.15, 0.2) is 9.84 Å². The number of ether oxygens (including phenoxy) is 1. The summed E-state index contributed by atoms with van der Waals surface area (Å²) < 4.78 is 29.4. The molecule has 0 aromatic heterocycles. The molecule has 1 fully saturated rings. The van der Waals surface area contributed by atoms with E-state index in [1.54, 1.807) is 0 Å². The van der Waals surface area contributed by atoms with Crippen molar-refractivity contribution in [3.8, 4) is 6.07 Å². The maximum atomic E-state index is 12.0.